The lowest BCUT2D eigenvalue weighted by atomic mass is 9.96. The highest BCUT2D eigenvalue weighted by atomic mass is 35.5. The molecule has 18 heavy (non-hydrogen) atoms. The Morgan fingerprint density at radius 3 is 2.67 bits per heavy atom. The predicted molar refractivity (Wildman–Crippen MR) is 71.7 cm³/mol. The molecule has 1 N–H and O–H groups in total. The molecule has 0 bridgehead atoms. The van der Waals surface area contributed by atoms with Crippen molar-refractivity contribution in [3.63, 3.8) is 0 Å². The molecule has 1 aromatic rings. The summed E-state index contributed by atoms with van der Waals surface area (Å²) >= 11 is 5.72. The van der Waals surface area contributed by atoms with Crippen LogP contribution in [0.4, 0.5) is 0 Å². The molecule has 1 amide bonds. The maximum atomic E-state index is 12.3. The molecule has 0 radical (unpaired) electrons. The number of hydrogen-bond acceptors (Lipinski definition) is 2. The minimum Gasteiger partial charge on any atom is -0.393 e. The van der Waals surface area contributed by atoms with E-state index in [0.29, 0.717) is 31.0 Å². The molecule has 1 heterocycles. The number of piperidine rings is 1. The van der Waals surface area contributed by atoms with Gasteiger partial charge in [0.25, 0.3) is 5.91 Å². The fraction of sp³-hybridized carbons (Fsp3) is 0.500. The van der Waals surface area contributed by atoms with Crippen molar-refractivity contribution in [1.82, 2.24) is 4.90 Å². The first-order valence-corrected chi connectivity index (χ1v) is 6.77. The molecular formula is C14H18ClNO2. The molecule has 3 nitrogen and oxygen atoms in total. The van der Waals surface area contributed by atoms with Crippen LogP contribution in [0.3, 0.4) is 0 Å². The number of aliphatic hydroxyl groups excluding tert-OH is 1. The molecule has 1 aromatic carbocycles. The number of amides is 1. The molecule has 0 spiro atoms. The largest absolute Gasteiger partial charge is 0.393 e. The van der Waals surface area contributed by atoms with Gasteiger partial charge in [-0.25, -0.2) is 0 Å². The summed E-state index contributed by atoms with van der Waals surface area (Å²) in [6, 6.07) is 7.39. The van der Waals surface area contributed by atoms with E-state index in [2.05, 4.69) is 0 Å². The Labute approximate surface area is 112 Å². The van der Waals surface area contributed by atoms with Crippen LogP contribution in [0.1, 0.15) is 29.3 Å². The zero-order valence-corrected chi connectivity index (χ0v) is 11.2. The zero-order chi connectivity index (χ0) is 13.1. The lowest BCUT2D eigenvalue weighted by Gasteiger charge is -2.34. The normalized spacial score (nSPS) is 24.1. The van der Waals surface area contributed by atoms with E-state index in [1.165, 1.54) is 0 Å². The molecule has 0 saturated carbocycles. The number of nitrogens with zero attached hydrogens (tertiary/aromatic N) is 1. The fourth-order valence-corrected chi connectivity index (χ4v) is 2.41. The van der Waals surface area contributed by atoms with Gasteiger partial charge in [0.1, 0.15) is 0 Å². The smallest absolute Gasteiger partial charge is 0.253 e. The van der Waals surface area contributed by atoms with Crippen molar-refractivity contribution >= 4 is 17.5 Å². The summed E-state index contributed by atoms with van der Waals surface area (Å²) in [7, 11) is 0. The third-order valence-corrected chi connectivity index (χ3v) is 3.81. The number of rotatable bonds is 2. The van der Waals surface area contributed by atoms with Crippen LogP contribution in [0.2, 0.25) is 0 Å². The maximum Gasteiger partial charge on any atom is 0.253 e. The third-order valence-electron chi connectivity index (χ3n) is 3.50. The first kappa shape index (κ1) is 13.4. The highest BCUT2D eigenvalue weighted by Gasteiger charge is 2.27. The second-order valence-electron chi connectivity index (χ2n) is 4.92. The Kier molecular flexibility index (Phi) is 4.25. The Hall–Kier alpha value is -1.06. The van der Waals surface area contributed by atoms with Crippen molar-refractivity contribution in [3.8, 4) is 0 Å². The van der Waals surface area contributed by atoms with E-state index in [9.17, 15) is 9.90 Å². The SMILES string of the molecule is CC1CN(C(=O)c2ccc(CCl)cc2)CCC1O. The van der Waals surface area contributed by atoms with Crippen LogP contribution in [0.25, 0.3) is 0 Å². The predicted octanol–water partition coefficient (Wildman–Crippen LogP) is 2.27. The summed E-state index contributed by atoms with van der Waals surface area (Å²) in [5, 5.41) is 9.66. The lowest BCUT2D eigenvalue weighted by Crippen LogP contribution is -2.44. The number of hydrogen-bond donors (Lipinski definition) is 1. The van der Waals surface area contributed by atoms with Gasteiger partial charge in [-0.3, -0.25) is 4.79 Å². The molecule has 98 valence electrons. The van der Waals surface area contributed by atoms with E-state index < -0.39 is 0 Å². The van der Waals surface area contributed by atoms with Crippen LogP contribution in [0, 0.1) is 5.92 Å². The molecule has 1 saturated heterocycles. The van der Waals surface area contributed by atoms with E-state index in [1.54, 1.807) is 0 Å². The zero-order valence-electron chi connectivity index (χ0n) is 10.5. The molecule has 1 fully saturated rings. The molecule has 2 rings (SSSR count). The average Bonchev–Trinajstić information content (AvgIpc) is 2.41. The van der Waals surface area contributed by atoms with Gasteiger partial charge in [-0.05, 0) is 30.0 Å². The lowest BCUT2D eigenvalue weighted by molar-refractivity contribution is 0.0297. The van der Waals surface area contributed by atoms with Crippen molar-refractivity contribution in [1.29, 1.82) is 0 Å². The van der Waals surface area contributed by atoms with Crippen molar-refractivity contribution in [3.05, 3.63) is 35.4 Å². The summed E-state index contributed by atoms with van der Waals surface area (Å²) in [5.41, 5.74) is 1.70. The molecule has 0 aromatic heterocycles. The van der Waals surface area contributed by atoms with Gasteiger partial charge in [0.2, 0.25) is 0 Å². The van der Waals surface area contributed by atoms with Gasteiger partial charge in [0.05, 0.1) is 6.10 Å². The quantitative estimate of drug-likeness (QED) is 0.835. The van der Waals surface area contributed by atoms with E-state index in [0.717, 1.165) is 5.56 Å². The Bertz CT molecular complexity index is 418. The minimum absolute atomic E-state index is 0.0369. The first-order valence-electron chi connectivity index (χ1n) is 6.24. The van der Waals surface area contributed by atoms with Crippen LogP contribution >= 0.6 is 11.6 Å². The van der Waals surface area contributed by atoms with Crippen LogP contribution in [-0.4, -0.2) is 35.1 Å². The van der Waals surface area contributed by atoms with Crippen molar-refractivity contribution in [2.45, 2.75) is 25.3 Å². The number of carbonyl (C=O) groups excluding carboxylic acids is 1. The molecule has 0 aliphatic carbocycles. The maximum absolute atomic E-state index is 12.3. The third kappa shape index (κ3) is 2.85. The molecule has 2 unspecified atom stereocenters. The van der Waals surface area contributed by atoms with E-state index in [-0.39, 0.29) is 17.9 Å². The number of aliphatic hydroxyl groups is 1. The highest BCUT2D eigenvalue weighted by molar-refractivity contribution is 6.17. The number of likely N-dealkylation sites (tertiary alicyclic amines) is 1. The van der Waals surface area contributed by atoms with Gasteiger partial charge in [0, 0.05) is 24.5 Å². The highest BCUT2D eigenvalue weighted by Crippen LogP contribution is 2.19. The van der Waals surface area contributed by atoms with E-state index in [1.807, 2.05) is 36.1 Å². The number of benzene rings is 1. The summed E-state index contributed by atoms with van der Waals surface area (Å²) in [6.07, 6.45) is 0.375. The van der Waals surface area contributed by atoms with Gasteiger partial charge >= 0.3 is 0 Å². The van der Waals surface area contributed by atoms with Crippen LogP contribution in [0.5, 0.6) is 0 Å². The molecule has 1 aliphatic rings. The second kappa shape index (κ2) is 5.72. The van der Waals surface area contributed by atoms with E-state index in [4.69, 9.17) is 11.6 Å². The number of alkyl halides is 1. The summed E-state index contributed by atoms with van der Waals surface area (Å²) in [4.78, 5) is 14.1. The topological polar surface area (TPSA) is 40.5 Å². The van der Waals surface area contributed by atoms with Crippen LogP contribution in [-0.2, 0) is 5.88 Å². The van der Waals surface area contributed by atoms with Crippen LogP contribution in [0.15, 0.2) is 24.3 Å². The Morgan fingerprint density at radius 1 is 1.44 bits per heavy atom. The standard InChI is InChI=1S/C14H18ClNO2/c1-10-9-16(7-6-13(10)17)14(18)12-4-2-11(8-15)3-5-12/h2-5,10,13,17H,6-9H2,1H3. The van der Waals surface area contributed by atoms with Gasteiger partial charge in [-0.2, -0.15) is 0 Å². The fourth-order valence-electron chi connectivity index (χ4n) is 2.24. The summed E-state index contributed by atoms with van der Waals surface area (Å²) < 4.78 is 0. The molecular weight excluding hydrogens is 250 g/mol. The minimum atomic E-state index is -0.285. The van der Waals surface area contributed by atoms with Gasteiger partial charge in [-0.1, -0.05) is 19.1 Å². The van der Waals surface area contributed by atoms with Gasteiger partial charge in [-0.15, -0.1) is 11.6 Å². The summed E-state index contributed by atoms with van der Waals surface area (Å²) in [5.74, 6) is 0.640. The van der Waals surface area contributed by atoms with Crippen molar-refractivity contribution < 1.29 is 9.90 Å². The summed E-state index contributed by atoms with van der Waals surface area (Å²) in [6.45, 7) is 3.22. The van der Waals surface area contributed by atoms with Crippen LogP contribution < -0.4 is 0 Å². The Morgan fingerprint density at radius 2 is 2.11 bits per heavy atom. The monoisotopic (exact) mass is 267 g/mol. The number of halogens is 1. The second-order valence-corrected chi connectivity index (χ2v) is 5.18. The average molecular weight is 268 g/mol. The van der Waals surface area contributed by atoms with E-state index >= 15 is 0 Å². The van der Waals surface area contributed by atoms with Gasteiger partial charge < -0.3 is 10.0 Å². The van der Waals surface area contributed by atoms with Crippen molar-refractivity contribution in [2.75, 3.05) is 13.1 Å². The van der Waals surface area contributed by atoms with Crippen molar-refractivity contribution in [2.24, 2.45) is 5.92 Å². The Balaban J connectivity index is 2.06. The molecule has 1 aliphatic heterocycles. The number of carbonyl (C=O) groups is 1. The molecule has 4 heteroatoms. The molecule has 2 atom stereocenters. The van der Waals surface area contributed by atoms with Gasteiger partial charge in [0.15, 0.2) is 0 Å². The first-order chi connectivity index (χ1) is 8.61.